The molecule has 0 aliphatic rings. The number of rotatable bonds is 4. The number of aryl methyl sites for hydroxylation is 2. The molecule has 2 N–H and O–H groups in total. The molecule has 1 amide bonds. The summed E-state index contributed by atoms with van der Waals surface area (Å²) in [4.78, 5) is 11.3. The monoisotopic (exact) mass is 321 g/mol. The number of aromatic nitrogens is 2. The number of carbonyl (C=O) groups excluding carboxylic acids is 1. The van der Waals surface area contributed by atoms with Crippen LogP contribution in [0.3, 0.4) is 0 Å². The van der Waals surface area contributed by atoms with Crippen molar-refractivity contribution in [2.24, 2.45) is 0 Å². The Balaban J connectivity index is 1.80. The third-order valence-corrected chi connectivity index (χ3v) is 3.98. The van der Waals surface area contributed by atoms with Gasteiger partial charge in [0.2, 0.25) is 0 Å². The fourth-order valence-electron chi connectivity index (χ4n) is 2.53. The number of hydrogen-bond acceptors (Lipinski definition) is 3. The van der Waals surface area contributed by atoms with E-state index < -0.39 is 5.91 Å². The summed E-state index contributed by atoms with van der Waals surface area (Å²) in [5.74, 6) is -0.515. The van der Waals surface area contributed by atoms with Gasteiger partial charge in [-0.2, -0.15) is 5.10 Å². The number of benzene rings is 2. The lowest BCUT2D eigenvalue weighted by Gasteiger charge is -2.06. The van der Waals surface area contributed by atoms with Gasteiger partial charge in [0.05, 0.1) is 12.2 Å². The van der Waals surface area contributed by atoms with E-state index in [1.165, 1.54) is 5.56 Å². The predicted molar refractivity (Wildman–Crippen MR) is 91.9 cm³/mol. The van der Waals surface area contributed by atoms with Crippen LogP contribution in [0.2, 0.25) is 0 Å². The maximum absolute atomic E-state index is 11.3. The number of carbonyl (C=O) groups is 1. The number of nitrogens with zero attached hydrogens (tertiary/aromatic N) is 2. The fraction of sp³-hybridized carbons (Fsp3) is 0.158. The quantitative estimate of drug-likeness (QED) is 0.572. The highest BCUT2D eigenvalue weighted by Crippen LogP contribution is 2.20. The van der Waals surface area contributed by atoms with Crippen molar-refractivity contribution in [3.8, 4) is 11.3 Å². The second kappa shape index (κ2) is 6.68. The first-order chi connectivity index (χ1) is 11.6. The summed E-state index contributed by atoms with van der Waals surface area (Å²) < 4.78 is 1.94. The van der Waals surface area contributed by atoms with Crippen molar-refractivity contribution in [2.75, 3.05) is 0 Å². The maximum atomic E-state index is 11.3. The highest BCUT2D eigenvalue weighted by atomic mass is 16.5. The zero-order chi connectivity index (χ0) is 17.1. The molecule has 5 heteroatoms. The molecule has 3 rings (SSSR count). The molecule has 0 unspecified atom stereocenters. The molecule has 3 aromatic rings. The molecule has 5 nitrogen and oxygen atoms in total. The Morgan fingerprint density at radius 3 is 2.38 bits per heavy atom. The lowest BCUT2D eigenvalue weighted by atomic mass is 10.1. The summed E-state index contributed by atoms with van der Waals surface area (Å²) in [7, 11) is 0. The van der Waals surface area contributed by atoms with Gasteiger partial charge in [-0.05, 0) is 37.6 Å². The number of hydroxylamine groups is 1. The molecule has 0 aliphatic heterocycles. The van der Waals surface area contributed by atoms with E-state index in [-0.39, 0.29) is 0 Å². The van der Waals surface area contributed by atoms with E-state index in [9.17, 15) is 4.79 Å². The summed E-state index contributed by atoms with van der Waals surface area (Å²) in [5.41, 5.74) is 7.42. The van der Waals surface area contributed by atoms with Crippen LogP contribution in [0.1, 0.15) is 27.2 Å². The van der Waals surface area contributed by atoms with Crippen LogP contribution in [0.4, 0.5) is 0 Å². The van der Waals surface area contributed by atoms with E-state index in [0.29, 0.717) is 12.1 Å². The largest absolute Gasteiger partial charge is 0.288 e. The van der Waals surface area contributed by atoms with Gasteiger partial charge in [0.1, 0.15) is 0 Å². The minimum absolute atomic E-state index is 0.416. The van der Waals surface area contributed by atoms with Crippen LogP contribution in [-0.4, -0.2) is 20.9 Å². The van der Waals surface area contributed by atoms with Crippen LogP contribution in [0, 0.1) is 13.8 Å². The second-order valence-electron chi connectivity index (χ2n) is 5.83. The van der Waals surface area contributed by atoms with Crippen molar-refractivity contribution < 1.29 is 10.0 Å². The highest BCUT2D eigenvalue weighted by Gasteiger charge is 2.08. The maximum Gasteiger partial charge on any atom is 0.274 e. The summed E-state index contributed by atoms with van der Waals surface area (Å²) in [6.07, 6.45) is 0. The van der Waals surface area contributed by atoms with Gasteiger partial charge >= 0.3 is 0 Å². The van der Waals surface area contributed by atoms with Gasteiger partial charge in [0, 0.05) is 16.8 Å². The van der Waals surface area contributed by atoms with Crippen molar-refractivity contribution in [1.29, 1.82) is 0 Å². The van der Waals surface area contributed by atoms with Gasteiger partial charge in [0.25, 0.3) is 5.91 Å². The van der Waals surface area contributed by atoms with E-state index in [1.54, 1.807) is 17.6 Å². The first kappa shape index (κ1) is 16.0. The Hall–Kier alpha value is -2.92. The molecular weight excluding hydrogens is 302 g/mol. The molecule has 0 aliphatic carbocycles. The molecule has 1 aromatic heterocycles. The van der Waals surface area contributed by atoms with E-state index in [2.05, 4.69) is 42.4 Å². The third-order valence-electron chi connectivity index (χ3n) is 3.98. The minimum Gasteiger partial charge on any atom is -0.288 e. The zero-order valence-corrected chi connectivity index (χ0v) is 13.7. The second-order valence-corrected chi connectivity index (χ2v) is 5.83. The van der Waals surface area contributed by atoms with Gasteiger partial charge in [-0.15, -0.1) is 0 Å². The van der Waals surface area contributed by atoms with Crippen molar-refractivity contribution in [1.82, 2.24) is 15.3 Å². The van der Waals surface area contributed by atoms with Gasteiger partial charge in [-0.25, -0.2) is 5.48 Å². The van der Waals surface area contributed by atoms with E-state index in [0.717, 1.165) is 22.5 Å². The zero-order valence-electron chi connectivity index (χ0n) is 13.7. The number of hydrogen-bond donors (Lipinski definition) is 2. The van der Waals surface area contributed by atoms with E-state index in [1.807, 2.05) is 23.7 Å². The Morgan fingerprint density at radius 1 is 1.08 bits per heavy atom. The smallest absolute Gasteiger partial charge is 0.274 e. The van der Waals surface area contributed by atoms with Crippen molar-refractivity contribution >= 4 is 5.91 Å². The van der Waals surface area contributed by atoms with Crippen molar-refractivity contribution in [3.05, 3.63) is 77.0 Å². The molecule has 0 saturated heterocycles. The summed E-state index contributed by atoms with van der Waals surface area (Å²) in [5, 5.41) is 13.3. The molecule has 0 bridgehead atoms. The molecular formula is C19H19N3O2. The normalized spacial score (nSPS) is 10.6. The van der Waals surface area contributed by atoms with E-state index >= 15 is 0 Å². The Morgan fingerprint density at radius 2 is 1.75 bits per heavy atom. The fourth-order valence-corrected chi connectivity index (χ4v) is 2.53. The summed E-state index contributed by atoms with van der Waals surface area (Å²) in [6, 6.07) is 17.4. The van der Waals surface area contributed by atoms with Crippen LogP contribution >= 0.6 is 0 Å². The molecule has 24 heavy (non-hydrogen) atoms. The van der Waals surface area contributed by atoms with Crippen molar-refractivity contribution in [3.63, 3.8) is 0 Å². The molecule has 0 fully saturated rings. The first-order valence-electron chi connectivity index (χ1n) is 7.71. The molecule has 122 valence electrons. The van der Waals surface area contributed by atoms with E-state index in [4.69, 9.17) is 5.21 Å². The molecule has 1 heterocycles. The van der Waals surface area contributed by atoms with Crippen LogP contribution in [0.5, 0.6) is 0 Å². The minimum atomic E-state index is -0.515. The Bertz CT molecular complexity index is 849. The van der Waals surface area contributed by atoms with Crippen LogP contribution in [0.15, 0.2) is 54.6 Å². The lowest BCUT2D eigenvalue weighted by molar-refractivity contribution is 0.0706. The van der Waals surface area contributed by atoms with Gasteiger partial charge in [0.15, 0.2) is 0 Å². The molecule has 0 radical (unpaired) electrons. The van der Waals surface area contributed by atoms with Crippen molar-refractivity contribution in [2.45, 2.75) is 20.4 Å². The van der Waals surface area contributed by atoms with Gasteiger partial charge in [-0.3, -0.25) is 14.7 Å². The standard InChI is InChI=1S/C19H19N3O2/c1-13-3-7-16(8-4-13)18-11-14(2)22(20-18)12-15-5-9-17(10-6-15)19(23)21-24/h3-11,24H,12H2,1-2H3,(H,21,23). The molecule has 0 atom stereocenters. The van der Waals surface area contributed by atoms with Crippen LogP contribution < -0.4 is 5.48 Å². The molecule has 0 spiro atoms. The molecule has 2 aromatic carbocycles. The van der Waals surface area contributed by atoms with Crippen LogP contribution in [-0.2, 0) is 6.54 Å². The van der Waals surface area contributed by atoms with Gasteiger partial charge < -0.3 is 0 Å². The Kier molecular flexibility index (Phi) is 4.44. The average molecular weight is 321 g/mol. The number of amides is 1. The summed E-state index contributed by atoms with van der Waals surface area (Å²) in [6.45, 7) is 4.71. The average Bonchev–Trinajstić information content (AvgIpc) is 2.96. The lowest BCUT2D eigenvalue weighted by Crippen LogP contribution is -2.18. The highest BCUT2D eigenvalue weighted by molar-refractivity contribution is 5.93. The molecule has 0 saturated carbocycles. The third kappa shape index (κ3) is 3.36. The predicted octanol–water partition coefficient (Wildman–Crippen LogP) is 3.33. The SMILES string of the molecule is Cc1ccc(-c2cc(C)n(Cc3ccc(C(=O)NO)cc3)n2)cc1. The van der Waals surface area contributed by atoms with Gasteiger partial charge in [-0.1, -0.05) is 42.0 Å². The number of nitrogens with one attached hydrogen (secondary N) is 1. The Labute approximate surface area is 140 Å². The summed E-state index contributed by atoms with van der Waals surface area (Å²) >= 11 is 0. The first-order valence-corrected chi connectivity index (χ1v) is 7.71. The van der Waals surface area contributed by atoms with Crippen LogP contribution in [0.25, 0.3) is 11.3 Å². The topological polar surface area (TPSA) is 67.2 Å².